The van der Waals surface area contributed by atoms with Gasteiger partial charge in [-0.3, -0.25) is 9.78 Å². The van der Waals surface area contributed by atoms with Gasteiger partial charge in [-0.25, -0.2) is 0 Å². The first-order valence-corrected chi connectivity index (χ1v) is 6.73. The average Bonchev–Trinajstić information content (AvgIpc) is 2.27. The van der Waals surface area contributed by atoms with Crippen molar-refractivity contribution in [3.63, 3.8) is 0 Å². The molecular formula is C13H19NOS. The highest BCUT2D eigenvalue weighted by Crippen LogP contribution is 2.10. The third kappa shape index (κ3) is 4.79. The first-order chi connectivity index (χ1) is 7.61. The van der Waals surface area contributed by atoms with Gasteiger partial charge in [0.25, 0.3) is 0 Å². The number of carbonyl (C=O) groups excluding carboxylic acids is 1. The highest BCUT2D eigenvalue weighted by molar-refractivity contribution is 8.00. The minimum Gasteiger partial charge on any atom is -0.298 e. The molecule has 0 unspecified atom stereocenters. The smallest absolute Gasteiger partial charge is 0.148 e. The minimum atomic E-state index is 0.260. The number of aryl methyl sites for hydroxylation is 1. The van der Waals surface area contributed by atoms with Crippen LogP contribution in [0, 0.1) is 0 Å². The zero-order valence-corrected chi connectivity index (χ0v) is 11.0. The van der Waals surface area contributed by atoms with E-state index in [0.29, 0.717) is 17.4 Å². The van der Waals surface area contributed by atoms with E-state index >= 15 is 0 Å². The van der Waals surface area contributed by atoms with Gasteiger partial charge in [-0.05, 0) is 23.3 Å². The van der Waals surface area contributed by atoms with Gasteiger partial charge in [0.1, 0.15) is 5.78 Å². The molecule has 0 spiro atoms. The molecule has 0 radical (unpaired) electrons. The Morgan fingerprint density at radius 3 is 2.69 bits per heavy atom. The summed E-state index contributed by atoms with van der Waals surface area (Å²) in [5.41, 5.74) is 2.10. The van der Waals surface area contributed by atoms with Crippen molar-refractivity contribution in [2.45, 2.75) is 38.9 Å². The van der Waals surface area contributed by atoms with Gasteiger partial charge in [-0.1, -0.05) is 26.8 Å². The van der Waals surface area contributed by atoms with Crippen molar-refractivity contribution in [1.29, 1.82) is 0 Å². The van der Waals surface area contributed by atoms with Crippen molar-refractivity contribution in [2.75, 3.05) is 5.75 Å². The van der Waals surface area contributed by atoms with Crippen molar-refractivity contribution >= 4 is 17.5 Å². The van der Waals surface area contributed by atoms with Crippen LogP contribution in [0.15, 0.2) is 18.3 Å². The molecule has 2 nitrogen and oxygen atoms in total. The Labute approximate surface area is 102 Å². The number of Topliss-reactive ketones (excluding diaryl/α,β-unsaturated/α-hetero) is 1. The lowest BCUT2D eigenvalue weighted by Gasteiger charge is -2.04. The van der Waals surface area contributed by atoms with Crippen molar-refractivity contribution < 1.29 is 4.79 Å². The summed E-state index contributed by atoms with van der Waals surface area (Å²) in [6.45, 7) is 6.31. The van der Waals surface area contributed by atoms with E-state index < -0.39 is 0 Å². The normalized spacial score (nSPS) is 10.8. The van der Waals surface area contributed by atoms with Crippen molar-refractivity contribution in [1.82, 2.24) is 4.98 Å². The fourth-order valence-corrected chi connectivity index (χ4v) is 1.90. The molecule has 0 fully saturated rings. The molecule has 1 aromatic heterocycles. The lowest BCUT2D eigenvalue weighted by atomic mass is 10.1. The van der Waals surface area contributed by atoms with Gasteiger partial charge < -0.3 is 0 Å². The highest BCUT2D eigenvalue weighted by Gasteiger charge is 2.06. The van der Waals surface area contributed by atoms with Gasteiger partial charge >= 0.3 is 0 Å². The van der Waals surface area contributed by atoms with E-state index in [9.17, 15) is 4.79 Å². The van der Waals surface area contributed by atoms with Crippen molar-refractivity contribution in [3.05, 3.63) is 29.6 Å². The summed E-state index contributed by atoms with van der Waals surface area (Å²) in [5.74, 6) is 0.852. The summed E-state index contributed by atoms with van der Waals surface area (Å²) < 4.78 is 0. The molecular weight excluding hydrogens is 218 g/mol. The first-order valence-electron chi connectivity index (χ1n) is 5.69. The number of carbonyl (C=O) groups is 1. The Hall–Kier alpha value is -0.830. The maximum atomic E-state index is 11.6. The molecule has 0 saturated heterocycles. The van der Waals surface area contributed by atoms with E-state index in [4.69, 9.17) is 0 Å². The quantitative estimate of drug-likeness (QED) is 0.762. The van der Waals surface area contributed by atoms with Gasteiger partial charge in [0.15, 0.2) is 0 Å². The third-order valence-electron chi connectivity index (χ3n) is 2.25. The summed E-state index contributed by atoms with van der Waals surface area (Å²) in [4.78, 5) is 15.9. The second-order valence-electron chi connectivity index (χ2n) is 4.09. The number of aromatic nitrogens is 1. The van der Waals surface area contributed by atoms with Gasteiger partial charge in [0.05, 0.1) is 5.75 Å². The molecule has 1 rings (SSSR count). The van der Waals surface area contributed by atoms with E-state index in [1.165, 1.54) is 5.56 Å². The van der Waals surface area contributed by atoms with Gasteiger partial charge in [-0.15, -0.1) is 0 Å². The molecule has 0 N–H and O–H groups in total. The van der Waals surface area contributed by atoms with Crippen LogP contribution in [0.4, 0.5) is 0 Å². The Bertz CT molecular complexity index is 332. The lowest BCUT2D eigenvalue weighted by molar-refractivity contribution is -0.116. The highest BCUT2D eigenvalue weighted by atomic mass is 32.2. The Morgan fingerprint density at radius 1 is 1.44 bits per heavy atom. The van der Waals surface area contributed by atoms with Crippen molar-refractivity contribution in [3.8, 4) is 0 Å². The number of hydrogen-bond acceptors (Lipinski definition) is 3. The van der Waals surface area contributed by atoms with Gasteiger partial charge in [0.2, 0.25) is 0 Å². The van der Waals surface area contributed by atoms with Crippen LogP contribution in [0.25, 0.3) is 0 Å². The molecule has 0 aliphatic carbocycles. The van der Waals surface area contributed by atoms with Crippen LogP contribution in [0.5, 0.6) is 0 Å². The molecule has 0 atom stereocenters. The summed E-state index contributed by atoms with van der Waals surface area (Å²) in [5, 5.41) is 0.513. The number of ketones is 1. The summed E-state index contributed by atoms with van der Waals surface area (Å²) in [7, 11) is 0. The number of thioether (sulfide) groups is 1. The fraction of sp³-hybridized carbons (Fsp3) is 0.538. The summed E-state index contributed by atoms with van der Waals surface area (Å²) >= 11 is 1.69. The number of rotatable bonds is 6. The summed E-state index contributed by atoms with van der Waals surface area (Å²) in [6.07, 6.45) is 3.31. The van der Waals surface area contributed by atoms with Crippen LogP contribution in [0.2, 0.25) is 0 Å². The van der Waals surface area contributed by atoms with E-state index in [1.807, 2.05) is 18.3 Å². The molecule has 0 amide bonds. The van der Waals surface area contributed by atoms with E-state index in [-0.39, 0.29) is 5.78 Å². The molecule has 0 aliphatic rings. The van der Waals surface area contributed by atoms with Crippen LogP contribution in [-0.2, 0) is 17.6 Å². The SMILES string of the molecule is CCc1ccc(CC(=O)CSC(C)C)nc1. The third-order valence-corrected chi connectivity index (χ3v) is 3.41. The second kappa shape index (κ2) is 6.69. The maximum absolute atomic E-state index is 11.6. The van der Waals surface area contributed by atoms with Crippen LogP contribution < -0.4 is 0 Å². The van der Waals surface area contributed by atoms with Crippen LogP contribution in [0.1, 0.15) is 32.0 Å². The standard InChI is InChI=1S/C13H19NOS/c1-4-11-5-6-12(14-8-11)7-13(15)9-16-10(2)3/h5-6,8,10H,4,7,9H2,1-3H3. The molecule has 0 saturated carbocycles. The van der Waals surface area contributed by atoms with Crippen LogP contribution in [-0.4, -0.2) is 21.8 Å². The van der Waals surface area contributed by atoms with Gasteiger partial charge in [0, 0.05) is 18.3 Å². The van der Waals surface area contributed by atoms with E-state index in [2.05, 4.69) is 25.8 Å². The molecule has 16 heavy (non-hydrogen) atoms. The minimum absolute atomic E-state index is 0.260. The maximum Gasteiger partial charge on any atom is 0.148 e. The number of pyridine rings is 1. The fourth-order valence-electron chi connectivity index (χ4n) is 1.28. The Kier molecular flexibility index (Phi) is 5.53. The summed E-state index contributed by atoms with van der Waals surface area (Å²) in [6, 6.07) is 4.00. The Morgan fingerprint density at radius 2 is 2.19 bits per heavy atom. The monoisotopic (exact) mass is 237 g/mol. The zero-order chi connectivity index (χ0) is 12.0. The average molecular weight is 237 g/mol. The van der Waals surface area contributed by atoms with Crippen LogP contribution in [0.3, 0.4) is 0 Å². The zero-order valence-electron chi connectivity index (χ0n) is 10.2. The molecule has 1 heterocycles. The molecule has 0 aromatic carbocycles. The molecule has 0 bridgehead atoms. The molecule has 3 heteroatoms. The molecule has 88 valence electrons. The van der Waals surface area contributed by atoms with Gasteiger partial charge in [-0.2, -0.15) is 11.8 Å². The predicted octanol–water partition coefficient (Wildman–Crippen LogP) is 2.90. The lowest BCUT2D eigenvalue weighted by Crippen LogP contribution is -2.08. The number of nitrogens with zero attached hydrogens (tertiary/aromatic N) is 1. The van der Waals surface area contributed by atoms with E-state index in [1.54, 1.807) is 11.8 Å². The van der Waals surface area contributed by atoms with Crippen LogP contribution >= 0.6 is 11.8 Å². The number of hydrogen-bond donors (Lipinski definition) is 0. The van der Waals surface area contributed by atoms with Crippen molar-refractivity contribution in [2.24, 2.45) is 0 Å². The Balaban J connectivity index is 2.43. The topological polar surface area (TPSA) is 30.0 Å². The molecule has 1 aromatic rings. The first kappa shape index (κ1) is 13.2. The predicted molar refractivity (Wildman–Crippen MR) is 69.9 cm³/mol. The second-order valence-corrected chi connectivity index (χ2v) is 5.65. The van der Waals surface area contributed by atoms with E-state index in [0.717, 1.165) is 12.1 Å². The largest absolute Gasteiger partial charge is 0.298 e. The molecule has 0 aliphatic heterocycles.